The van der Waals surface area contributed by atoms with Gasteiger partial charge in [-0.3, -0.25) is 9.59 Å². The monoisotopic (exact) mass is 391 g/mol. The number of halogens is 2. The highest BCUT2D eigenvalue weighted by Crippen LogP contribution is 2.28. The van der Waals surface area contributed by atoms with Crippen LogP contribution in [-0.2, 0) is 11.2 Å². The van der Waals surface area contributed by atoms with Crippen LogP contribution in [-0.4, -0.2) is 32.0 Å². The second-order valence-corrected chi connectivity index (χ2v) is 6.17. The van der Waals surface area contributed by atoms with Gasteiger partial charge in [0.15, 0.2) is 17.3 Å². The third-order valence-corrected chi connectivity index (χ3v) is 4.13. The minimum atomic E-state index is -0.618. The first-order valence-electron chi connectivity index (χ1n) is 8.93. The van der Waals surface area contributed by atoms with Gasteiger partial charge in [-0.2, -0.15) is 0 Å². The topological polar surface area (TPSA) is 64.6 Å². The number of hydrogen-bond acceptors (Lipinski definition) is 4. The molecule has 0 fully saturated rings. The lowest BCUT2D eigenvalue weighted by molar-refractivity contribution is -0.121. The summed E-state index contributed by atoms with van der Waals surface area (Å²) >= 11 is 0. The molecule has 0 atom stereocenters. The van der Waals surface area contributed by atoms with Gasteiger partial charge in [0, 0.05) is 24.1 Å². The van der Waals surface area contributed by atoms with E-state index < -0.39 is 11.6 Å². The van der Waals surface area contributed by atoms with Gasteiger partial charge in [0.25, 0.3) is 0 Å². The predicted molar refractivity (Wildman–Crippen MR) is 101 cm³/mol. The Hall–Kier alpha value is -2.96. The van der Waals surface area contributed by atoms with Crippen molar-refractivity contribution in [2.45, 2.75) is 26.2 Å². The van der Waals surface area contributed by atoms with Crippen LogP contribution in [0.25, 0.3) is 0 Å². The molecule has 0 heterocycles. The quantitative estimate of drug-likeness (QED) is 0.496. The molecule has 0 bridgehead atoms. The SMILES string of the molecule is COc1cc(C(C)=O)ccc1OCCCC(=O)NCCc1c(F)cccc1F. The van der Waals surface area contributed by atoms with Gasteiger partial charge >= 0.3 is 0 Å². The maximum Gasteiger partial charge on any atom is 0.220 e. The normalized spacial score (nSPS) is 10.4. The third kappa shape index (κ3) is 6.04. The van der Waals surface area contributed by atoms with Gasteiger partial charge in [-0.1, -0.05) is 6.07 Å². The van der Waals surface area contributed by atoms with Crippen molar-refractivity contribution in [2.24, 2.45) is 0 Å². The minimum Gasteiger partial charge on any atom is -0.493 e. The van der Waals surface area contributed by atoms with E-state index in [1.807, 2.05) is 0 Å². The fourth-order valence-electron chi connectivity index (χ4n) is 2.61. The molecule has 0 saturated carbocycles. The molecular weight excluding hydrogens is 368 g/mol. The van der Waals surface area contributed by atoms with Gasteiger partial charge in [-0.15, -0.1) is 0 Å². The van der Waals surface area contributed by atoms with E-state index in [2.05, 4.69) is 5.32 Å². The van der Waals surface area contributed by atoms with Crippen molar-refractivity contribution < 1.29 is 27.8 Å². The number of benzene rings is 2. The van der Waals surface area contributed by atoms with Crippen LogP contribution in [0.5, 0.6) is 11.5 Å². The Morgan fingerprint density at radius 1 is 1.07 bits per heavy atom. The molecule has 0 aliphatic heterocycles. The van der Waals surface area contributed by atoms with Gasteiger partial charge < -0.3 is 14.8 Å². The van der Waals surface area contributed by atoms with Gasteiger partial charge in [0.1, 0.15) is 11.6 Å². The maximum atomic E-state index is 13.5. The van der Waals surface area contributed by atoms with E-state index in [0.29, 0.717) is 23.5 Å². The molecule has 2 rings (SSSR count). The number of rotatable bonds is 10. The molecule has 2 aromatic carbocycles. The van der Waals surface area contributed by atoms with E-state index in [-0.39, 0.29) is 43.2 Å². The Balaban J connectivity index is 1.72. The zero-order chi connectivity index (χ0) is 20.5. The molecule has 0 unspecified atom stereocenters. The Morgan fingerprint density at radius 3 is 2.43 bits per heavy atom. The molecule has 150 valence electrons. The molecule has 0 aliphatic rings. The summed E-state index contributed by atoms with van der Waals surface area (Å²) in [7, 11) is 1.48. The molecule has 5 nitrogen and oxygen atoms in total. The first kappa shape index (κ1) is 21.3. The van der Waals surface area contributed by atoms with Crippen molar-refractivity contribution in [3.05, 3.63) is 59.2 Å². The molecule has 1 amide bonds. The molecular formula is C21H23F2NO4. The van der Waals surface area contributed by atoms with E-state index in [1.54, 1.807) is 18.2 Å². The lowest BCUT2D eigenvalue weighted by Gasteiger charge is -2.11. The summed E-state index contributed by atoms with van der Waals surface area (Å²) < 4.78 is 37.8. The highest BCUT2D eigenvalue weighted by atomic mass is 19.1. The van der Waals surface area contributed by atoms with Crippen LogP contribution in [0, 0.1) is 11.6 Å². The fourth-order valence-corrected chi connectivity index (χ4v) is 2.61. The summed E-state index contributed by atoms with van der Waals surface area (Å²) in [6, 6.07) is 8.58. The second-order valence-electron chi connectivity index (χ2n) is 6.17. The molecule has 0 aliphatic carbocycles. The Bertz CT molecular complexity index is 819. The van der Waals surface area contributed by atoms with E-state index in [1.165, 1.54) is 32.2 Å². The van der Waals surface area contributed by atoms with Crippen LogP contribution in [0.15, 0.2) is 36.4 Å². The van der Waals surface area contributed by atoms with Crippen LogP contribution >= 0.6 is 0 Å². The lowest BCUT2D eigenvalue weighted by Crippen LogP contribution is -2.26. The number of nitrogens with one attached hydrogen (secondary N) is 1. The molecule has 0 aromatic heterocycles. The summed E-state index contributed by atoms with van der Waals surface area (Å²) in [6.07, 6.45) is 0.756. The molecule has 28 heavy (non-hydrogen) atoms. The largest absolute Gasteiger partial charge is 0.493 e. The number of carbonyl (C=O) groups excluding carboxylic acids is 2. The first-order chi connectivity index (χ1) is 13.4. The zero-order valence-electron chi connectivity index (χ0n) is 15.9. The summed E-state index contributed by atoms with van der Waals surface area (Å²) in [5.74, 6) is -0.595. The number of hydrogen-bond donors (Lipinski definition) is 1. The summed E-state index contributed by atoms with van der Waals surface area (Å²) in [4.78, 5) is 23.2. The average Bonchev–Trinajstić information content (AvgIpc) is 2.67. The Labute approximate surface area is 162 Å². The van der Waals surface area contributed by atoms with Crippen molar-refractivity contribution >= 4 is 11.7 Å². The van der Waals surface area contributed by atoms with Gasteiger partial charge in [0.05, 0.1) is 13.7 Å². The van der Waals surface area contributed by atoms with Crippen molar-refractivity contribution in [1.82, 2.24) is 5.32 Å². The first-order valence-corrected chi connectivity index (χ1v) is 8.93. The standard InChI is InChI=1S/C21H23F2NO4/c1-14(25)15-8-9-19(20(13-15)27-2)28-12-4-7-21(26)24-11-10-16-17(22)5-3-6-18(16)23/h3,5-6,8-9,13H,4,7,10-12H2,1-2H3,(H,24,26). The van der Waals surface area contributed by atoms with Crippen LogP contribution in [0.1, 0.15) is 35.7 Å². The highest BCUT2D eigenvalue weighted by Gasteiger charge is 2.10. The van der Waals surface area contributed by atoms with Crippen molar-refractivity contribution in [3.8, 4) is 11.5 Å². The van der Waals surface area contributed by atoms with Crippen LogP contribution in [0.3, 0.4) is 0 Å². The molecule has 1 N–H and O–H groups in total. The summed E-state index contributed by atoms with van der Waals surface area (Å²) in [6.45, 7) is 1.90. The van der Waals surface area contributed by atoms with Gasteiger partial charge in [-0.05, 0) is 50.1 Å². The lowest BCUT2D eigenvalue weighted by atomic mass is 10.1. The number of ether oxygens (including phenoxy) is 2. The van der Waals surface area contributed by atoms with E-state index in [4.69, 9.17) is 9.47 Å². The minimum absolute atomic E-state index is 0.0350. The number of carbonyl (C=O) groups is 2. The van der Waals surface area contributed by atoms with Crippen LogP contribution in [0.2, 0.25) is 0 Å². The van der Waals surface area contributed by atoms with Crippen LogP contribution in [0.4, 0.5) is 8.78 Å². The smallest absolute Gasteiger partial charge is 0.220 e. The van der Waals surface area contributed by atoms with Gasteiger partial charge in [-0.25, -0.2) is 8.78 Å². The van der Waals surface area contributed by atoms with Crippen LogP contribution < -0.4 is 14.8 Å². The summed E-state index contributed by atoms with van der Waals surface area (Å²) in [5.41, 5.74) is 0.488. The van der Waals surface area contributed by atoms with E-state index >= 15 is 0 Å². The molecule has 7 heteroatoms. The zero-order valence-corrected chi connectivity index (χ0v) is 15.9. The molecule has 0 radical (unpaired) electrons. The molecule has 0 saturated heterocycles. The van der Waals surface area contributed by atoms with E-state index in [0.717, 1.165) is 0 Å². The molecule has 0 spiro atoms. The highest BCUT2D eigenvalue weighted by molar-refractivity contribution is 5.94. The third-order valence-electron chi connectivity index (χ3n) is 4.13. The fraction of sp³-hybridized carbons (Fsp3) is 0.333. The number of amides is 1. The van der Waals surface area contributed by atoms with Gasteiger partial charge in [0.2, 0.25) is 5.91 Å². The summed E-state index contributed by atoms with van der Waals surface area (Å²) in [5, 5.41) is 2.64. The second kappa shape index (κ2) is 10.4. The Kier molecular flexibility index (Phi) is 7.92. The number of methoxy groups -OCH3 is 1. The average molecular weight is 391 g/mol. The maximum absolute atomic E-state index is 13.5. The van der Waals surface area contributed by atoms with Crippen molar-refractivity contribution in [1.29, 1.82) is 0 Å². The Morgan fingerprint density at radius 2 is 1.79 bits per heavy atom. The van der Waals surface area contributed by atoms with Crippen molar-refractivity contribution in [3.63, 3.8) is 0 Å². The van der Waals surface area contributed by atoms with Crippen molar-refractivity contribution in [2.75, 3.05) is 20.3 Å². The predicted octanol–water partition coefficient (Wildman–Crippen LogP) is 3.69. The molecule has 2 aromatic rings. The number of Topliss-reactive ketones (excluding diaryl/α,β-unsaturated/α-hetero) is 1. The number of ketones is 1. The van der Waals surface area contributed by atoms with E-state index in [9.17, 15) is 18.4 Å².